The molecule has 0 radical (unpaired) electrons. The molecule has 1 aromatic carbocycles. The number of nitro groups is 1. The fourth-order valence-electron chi connectivity index (χ4n) is 2.19. The highest BCUT2D eigenvalue weighted by atomic mass is 35.5. The first-order valence-corrected chi connectivity index (χ1v) is 8.14. The molecule has 0 bridgehead atoms. The van der Waals surface area contributed by atoms with Crippen LogP contribution < -0.4 is 0 Å². The van der Waals surface area contributed by atoms with Gasteiger partial charge in [-0.1, -0.05) is 11.6 Å². The maximum Gasteiger partial charge on any atom is 0.269 e. The highest BCUT2D eigenvalue weighted by Crippen LogP contribution is 2.23. The summed E-state index contributed by atoms with van der Waals surface area (Å²) in [6, 6.07) is 13.3. The van der Waals surface area contributed by atoms with E-state index in [0.29, 0.717) is 9.21 Å². The largest absolute Gasteiger partial charge is 0.317 e. The minimum absolute atomic E-state index is 0.0350. The molecule has 0 aliphatic heterocycles. The number of hydrogen-bond acceptors (Lipinski definition) is 4. The van der Waals surface area contributed by atoms with Crippen molar-refractivity contribution in [3.63, 3.8) is 0 Å². The van der Waals surface area contributed by atoms with Gasteiger partial charge < -0.3 is 4.57 Å². The third kappa shape index (κ3) is 3.45. The molecular formula is C17H11ClN2O3S. The number of benzene rings is 1. The van der Waals surface area contributed by atoms with Crippen LogP contribution in [0.15, 0.2) is 60.8 Å². The Morgan fingerprint density at radius 1 is 1.17 bits per heavy atom. The fourth-order valence-corrected chi connectivity index (χ4v) is 3.15. The molecule has 0 atom stereocenters. The van der Waals surface area contributed by atoms with Crippen LogP contribution in [0.25, 0.3) is 11.8 Å². The van der Waals surface area contributed by atoms with E-state index < -0.39 is 4.92 Å². The first kappa shape index (κ1) is 16.2. The first-order chi connectivity index (χ1) is 11.5. The molecule has 5 nitrogen and oxygen atoms in total. The number of aromatic nitrogens is 1. The first-order valence-electron chi connectivity index (χ1n) is 6.94. The number of allylic oxidation sites excluding steroid dienone is 1. The van der Waals surface area contributed by atoms with Crippen LogP contribution in [0.5, 0.6) is 0 Å². The van der Waals surface area contributed by atoms with E-state index in [1.165, 1.54) is 29.5 Å². The van der Waals surface area contributed by atoms with E-state index in [1.54, 1.807) is 30.3 Å². The molecule has 0 amide bonds. The Bertz CT molecular complexity index is 925. The highest BCUT2D eigenvalue weighted by molar-refractivity contribution is 7.18. The molecular weight excluding hydrogens is 348 g/mol. The number of thiophene rings is 1. The summed E-state index contributed by atoms with van der Waals surface area (Å²) in [6.45, 7) is 0. The predicted octanol–water partition coefficient (Wildman–Crippen LogP) is 5.00. The smallest absolute Gasteiger partial charge is 0.269 e. The van der Waals surface area contributed by atoms with Crippen molar-refractivity contribution in [1.82, 2.24) is 4.57 Å². The Morgan fingerprint density at radius 2 is 1.92 bits per heavy atom. The summed E-state index contributed by atoms with van der Waals surface area (Å²) in [4.78, 5) is 23.0. The number of nitro benzene ring substituents is 1. The summed E-state index contributed by atoms with van der Waals surface area (Å²) >= 11 is 7.07. The van der Waals surface area contributed by atoms with Crippen LogP contribution >= 0.6 is 22.9 Å². The van der Waals surface area contributed by atoms with Crippen LogP contribution in [0.2, 0.25) is 4.34 Å². The van der Waals surface area contributed by atoms with Gasteiger partial charge in [-0.05, 0) is 48.6 Å². The minimum Gasteiger partial charge on any atom is -0.317 e. The van der Waals surface area contributed by atoms with Crippen molar-refractivity contribution in [1.29, 1.82) is 0 Å². The third-order valence-corrected chi connectivity index (χ3v) is 4.59. The second kappa shape index (κ2) is 6.82. The zero-order valence-electron chi connectivity index (χ0n) is 12.3. The average molecular weight is 359 g/mol. The van der Waals surface area contributed by atoms with Crippen LogP contribution in [-0.4, -0.2) is 15.3 Å². The molecule has 24 heavy (non-hydrogen) atoms. The summed E-state index contributed by atoms with van der Waals surface area (Å²) in [7, 11) is 0. The zero-order chi connectivity index (χ0) is 17.1. The summed E-state index contributed by atoms with van der Waals surface area (Å²) < 4.78 is 2.41. The molecule has 3 rings (SSSR count). The van der Waals surface area contributed by atoms with Gasteiger partial charge in [-0.25, -0.2) is 0 Å². The Morgan fingerprint density at radius 3 is 2.54 bits per heavy atom. The second-order valence-electron chi connectivity index (χ2n) is 4.88. The minimum atomic E-state index is -0.439. The normalized spacial score (nSPS) is 11.0. The number of hydrogen-bond donors (Lipinski definition) is 0. The van der Waals surface area contributed by atoms with Crippen LogP contribution in [0.3, 0.4) is 0 Å². The molecule has 0 spiro atoms. The van der Waals surface area contributed by atoms with E-state index in [1.807, 2.05) is 22.9 Å². The zero-order valence-corrected chi connectivity index (χ0v) is 13.8. The van der Waals surface area contributed by atoms with Crippen LogP contribution in [0, 0.1) is 10.1 Å². The van der Waals surface area contributed by atoms with E-state index in [-0.39, 0.29) is 11.5 Å². The van der Waals surface area contributed by atoms with Crippen molar-refractivity contribution in [2.75, 3.05) is 0 Å². The Balaban J connectivity index is 1.83. The van der Waals surface area contributed by atoms with E-state index >= 15 is 0 Å². The van der Waals surface area contributed by atoms with Crippen molar-refractivity contribution >= 4 is 40.5 Å². The van der Waals surface area contributed by atoms with Gasteiger partial charge in [0.15, 0.2) is 5.78 Å². The SMILES string of the molecule is O=C(/C=C/c1cccn1-c1ccc([N+](=O)[O-])cc1)c1ccc(Cl)s1. The van der Waals surface area contributed by atoms with E-state index in [0.717, 1.165) is 11.4 Å². The molecule has 3 aromatic rings. The lowest BCUT2D eigenvalue weighted by Gasteiger charge is -2.06. The number of ketones is 1. The quantitative estimate of drug-likeness (QED) is 0.279. The molecule has 0 saturated heterocycles. The molecule has 2 heterocycles. The van der Waals surface area contributed by atoms with Gasteiger partial charge in [0, 0.05) is 29.7 Å². The van der Waals surface area contributed by atoms with Crippen LogP contribution in [0.1, 0.15) is 15.4 Å². The van der Waals surface area contributed by atoms with E-state index in [9.17, 15) is 14.9 Å². The molecule has 0 unspecified atom stereocenters. The molecule has 0 saturated carbocycles. The number of carbonyl (C=O) groups is 1. The van der Waals surface area contributed by atoms with E-state index in [2.05, 4.69) is 0 Å². The van der Waals surface area contributed by atoms with Gasteiger partial charge in [0.2, 0.25) is 0 Å². The number of non-ortho nitro benzene ring substituents is 1. The van der Waals surface area contributed by atoms with Crippen molar-refractivity contribution in [3.8, 4) is 5.69 Å². The monoisotopic (exact) mass is 358 g/mol. The van der Waals surface area contributed by atoms with Gasteiger partial charge in [0.25, 0.3) is 5.69 Å². The third-order valence-electron chi connectivity index (χ3n) is 3.34. The topological polar surface area (TPSA) is 65.1 Å². The van der Waals surface area contributed by atoms with Crippen molar-refractivity contribution in [3.05, 3.63) is 85.8 Å². The van der Waals surface area contributed by atoms with Crippen LogP contribution in [-0.2, 0) is 0 Å². The Hall–Kier alpha value is -2.70. The summed E-state index contributed by atoms with van der Waals surface area (Å²) in [6.07, 6.45) is 5.02. The molecule has 0 aliphatic rings. The highest BCUT2D eigenvalue weighted by Gasteiger charge is 2.08. The fraction of sp³-hybridized carbons (Fsp3) is 0. The number of halogens is 1. The van der Waals surface area contributed by atoms with E-state index in [4.69, 9.17) is 11.6 Å². The van der Waals surface area contributed by atoms with Gasteiger partial charge in [-0.2, -0.15) is 0 Å². The van der Waals surface area contributed by atoms with Crippen molar-refractivity contribution < 1.29 is 9.72 Å². The maximum atomic E-state index is 12.1. The number of rotatable bonds is 5. The standard InChI is InChI=1S/C17H11ClN2O3S/c18-17-10-9-16(24-17)15(21)8-7-12-2-1-11-19(12)13-3-5-14(6-4-13)20(22)23/h1-11H/b8-7+. The van der Waals surface area contributed by atoms with Gasteiger partial charge in [-0.15, -0.1) is 11.3 Å². The summed E-state index contributed by atoms with van der Waals surface area (Å²) in [5.74, 6) is -0.122. The lowest BCUT2D eigenvalue weighted by atomic mass is 10.2. The molecule has 2 aromatic heterocycles. The molecule has 0 N–H and O–H groups in total. The Kier molecular flexibility index (Phi) is 4.59. The van der Waals surface area contributed by atoms with Gasteiger partial charge in [-0.3, -0.25) is 14.9 Å². The lowest BCUT2D eigenvalue weighted by molar-refractivity contribution is -0.384. The number of carbonyl (C=O) groups excluding carboxylic acids is 1. The number of nitrogens with zero attached hydrogens (tertiary/aromatic N) is 2. The molecule has 0 fully saturated rings. The summed E-state index contributed by atoms with van der Waals surface area (Å²) in [5, 5.41) is 10.7. The van der Waals surface area contributed by atoms with Crippen LogP contribution in [0.4, 0.5) is 5.69 Å². The van der Waals surface area contributed by atoms with Gasteiger partial charge in [0.05, 0.1) is 14.1 Å². The lowest BCUT2D eigenvalue weighted by Crippen LogP contribution is -1.96. The second-order valence-corrected chi connectivity index (χ2v) is 6.59. The van der Waals surface area contributed by atoms with Gasteiger partial charge >= 0.3 is 0 Å². The summed E-state index contributed by atoms with van der Waals surface area (Å²) in [5.41, 5.74) is 1.60. The molecule has 0 aliphatic carbocycles. The van der Waals surface area contributed by atoms with Crippen molar-refractivity contribution in [2.24, 2.45) is 0 Å². The average Bonchev–Trinajstić information content (AvgIpc) is 3.21. The maximum absolute atomic E-state index is 12.1. The molecule has 7 heteroatoms. The molecule has 120 valence electrons. The predicted molar refractivity (Wildman–Crippen MR) is 95.1 cm³/mol. The van der Waals surface area contributed by atoms with Gasteiger partial charge in [0.1, 0.15) is 0 Å². The van der Waals surface area contributed by atoms with Crippen molar-refractivity contribution in [2.45, 2.75) is 0 Å². The Labute approximate surface area is 146 Å².